The Kier molecular flexibility index (Phi) is 5.29. The van der Waals surface area contributed by atoms with Crippen LogP contribution in [0.15, 0.2) is 47.4 Å². The van der Waals surface area contributed by atoms with Crippen molar-refractivity contribution in [3.63, 3.8) is 0 Å². The second-order valence-electron chi connectivity index (χ2n) is 5.73. The van der Waals surface area contributed by atoms with Gasteiger partial charge in [-0.25, -0.2) is 4.79 Å². The molecule has 2 rings (SSSR count). The van der Waals surface area contributed by atoms with Gasteiger partial charge in [0.1, 0.15) is 10.6 Å². The molecule has 0 fully saturated rings. The lowest BCUT2D eigenvalue weighted by molar-refractivity contribution is 0.0600. The molecule has 24 heavy (non-hydrogen) atoms. The first-order valence-electron chi connectivity index (χ1n) is 7.48. The van der Waals surface area contributed by atoms with Crippen molar-refractivity contribution in [1.29, 1.82) is 0 Å². The molecule has 0 atom stereocenters. The van der Waals surface area contributed by atoms with E-state index in [0.717, 1.165) is 5.56 Å². The average molecular weight is 348 g/mol. The Morgan fingerprint density at radius 3 is 2.17 bits per heavy atom. The fourth-order valence-corrected chi connectivity index (χ4v) is 3.40. The van der Waals surface area contributed by atoms with Gasteiger partial charge in [-0.1, -0.05) is 26.0 Å². The number of carbonyl (C=O) groups is 1. The molecule has 0 spiro atoms. The fraction of sp³-hybridized carbons (Fsp3) is 0.278. The quantitative estimate of drug-likeness (QED) is 0.609. The summed E-state index contributed by atoms with van der Waals surface area (Å²) >= 11 is 0. The maximum atomic E-state index is 12.5. The van der Waals surface area contributed by atoms with Crippen LogP contribution in [0.5, 0.6) is 5.75 Å². The van der Waals surface area contributed by atoms with Crippen molar-refractivity contribution in [1.82, 2.24) is 0 Å². The summed E-state index contributed by atoms with van der Waals surface area (Å²) in [5.74, 6) is 0.0758. The lowest BCUT2D eigenvalue weighted by atomic mass is 10.0. The Bertz CT molecular complexity index is 836. The summed E-state index contributed by atoms with van der Waals surface area (Å²) in [6.45, 7) is 5.71. The minimum atomic E-state index is -3.98. The third-order valence-corrected chi connectivity index (χ3v) is 5.03. The number of hydrogen-bond donors (Lipinski definition) is 0. The highest BCUT2D eigenvalue weighted by Gasteiger charge is 2.21. The Morgan fingerprint density at radius 2 is 1.67 bits per heavy atom. The summed E-state index contributed by atoms with van der Waals surface area (Å²) in [6, 6.07) is 11.1. The smallest absolute Gasteiger partial charge is 0.339 e. The van der Waals surface area contributed by atoms with E-state index >= 15 is 0 Å². The Labute approximate surface area is 142 Å². The van der Waals surface area contributed by atoms with Gasteiger partial charge in [-0.2, -0.15) is 8.42 Å². The standard InChI is InChI=1S/C18H20O5S/c1-12(2)14-5-8-16(9-6-14)23-24(20,21)17-10-7-15(11-13(17)3)18(19)22-4/h5-12H,1-4H3. The van der Waals surface area contributed by atoms with Crippen LogP contribution < -0.4 is 4.18 Å². The number of methoxy groups -OCH3 is 1. The van der Waals surface area contributed by atoms with E-state index in [1.54, 1.807) is 19.1 Å². The summed E-state index contributed by atoms with van der Waals surface area (Å²) in [5.41, 5.74) is 1.80. The maximum absolute atomic E-state index is 12.5. The molecule has 0 amide bonds. The molecule has 0 bridgehead atoms. The van der Waals surface area contributed by atoms with Gasteiger partial charge in [-0.05, 0) is 54.3 Å². The molecule has 0 aliphatic heterocycles. The van der Waals surface area contributed by atoms with Crippen LogP contribution in [0.4, 0.5) is 0 Å². The van der Waals surface area contributed by atoms with E-state index in [1.807, 2.05) is 12.1 Å². The van der Waals surface area contributed by atoms with E-state index in [1.165, 1.54) is 25.3 Å². The van der Waals surface area contributed by atoms with E-state index in [4.69, 9.17) is 4.18 Å². The lowest BCUT2D eigenvalue weighted by Crippen LogP contribution is -2.12. The van der Waals surface area contributed by atoms with Crippen LogP contribution in [-0.4, -0.2) is 21.5 Å². The van der Waals surface area contributed by atoms with Crippen molar-refractivity contribution in [3.05, 3.63) is 59.2 Å². The summed E-state index contributed by atoms with van der Waals surface area (Å²) in [4.78, 5) is 11.5. The molecular formula is C18H20O5S. The van der Waals surface area contributed by atoms with Gasteiger partial charge in [0.05, 0.1) is 12.7 Å². The number of esters is 1. The minimum Gasteiger partial charge on any atom is -0.465 e. The molecule has 0 saturated carbocycles. The molecule has 0 unspecified atom stereocenters. The highest BCUT2D eigenvalue weighted by molar-refractivity contribution is 7.87. The Hall–Kier alpha value is -2.34. The highest BCUT2D eigenvalue weighted by Crippen LogP contribution is 2.24. The van der Waals surface area contributed by atoms with Crippen LogP contribution in [0.25, 0.3) is 0 Å². The third-order valence-electron chi connectivity index (χ3n) is 3.62. The van der Waals surface area contributed by atoms with Crippen molar-refractivity contribution in [2.45, 2.75) is 31.6 Å². The van der Waals surface area contributed by atoms with E-state index in [0.29, 0.717) is 11.5 Å². The average Bonchev–Trinajstić information content (AvgIpc) is 2.53. The van der Waals surface area contributed by atoms with Gasteiger partial charge in [0.25, 0.3) is 0 Å². The second kappa shape index (κ2) is 7.05. The summed E-state index contributed by atoms with van der Waals surface area (Å²) in [6.07, 6.45) is 0. The minimum absolute atomic E-state index is 0.0167. The summed E-state index contributed by atoms with van der Waals surface area (Å²) in [5, 5.41) is 0. The second-order valence-corrected chi connectivity index (χ2v) is 7.25. The van der Waals surface area contributed by atoms with Gasteiger partial charge in [0.15, 0.2) is 0 Å². The molecule has 0 aromatic heterocycles. The van der Waals surface area contributed by atoms with E-state index in [9.17, 15) is 13.2 Å². The van der Waals surface area contributed by atoms with Gasteiger partial charge >= 0.3 is 16.1 Å². The number of benzene rings is 2. The zero-order valence-electron chi connectivity index (χ0n) is 14.1. The highest BCUT2D eigenvalue weighted by atomic mass is 32.2. The molecule has 2 aromatic carbocycles. The van der Waals surface area contributed by atoms with E-state index in [-0.39, 0.29) is 16.2 Å². The third kappa shape index (κ3) is 3.94. The molecule has 0 aliphatic carbocycles. The maximum Gasteiger partial charge on any atom is 0.339 e. The van der Waals surface area contributed by atoms with Crippen LogP contribution in [-0.2, 0) is 14.9 Å². The van der Waals surface area contributed by atoms with Crippen LogP contribution in [0.3, 0.4) is 0 Å². The molecule has 0 heterocycles. The van der Waals surface area contributed by atoms with Gasteiger partial charge in [0, 0.05) is 0 Å². The topological polar surface area (TPSA) is 69.7 Å². The van der Waals surface area contributed by atoms with Crippen molar-refractivity contribution < 1.29 is 22.1 Å². The molecule has 0 radical (unpaired) electrons. The predicted octanol–water partition coefficient (Wildman–Crippen LogP) is 3.67. The largest absolute Gasteiger partial charge is 0.465 e. The number of rotatable bonds is 5. The van der Waals surface area contributed by atoms with Gasteiger partial charge in [-0.15, -0.1) is 0 Å². The molecule has 5 nitrogen and oxygen atoms in total. The van der Waals surface area contributed by atoms with Crippen LogP contribution in [0.1, 0.15) is 41.3 Å². The van der Waals surface area contributed by atoms with Crippen molar-refractivity contribution in [3.8, 4) is 5.75 Å². The normalized spacial score (nSPS) is 11.4. The molecule has 0 aliphatic rings. The van der Waals surface area contributed by atoms with Crippen molar-refractivity contribution in [2.75, 3.05) is 7.11 Å². The van der Waals surface area contributed by atoms with Crippen LogP contribution in [0.2, 0.25) is 0 Å². The first kappa shape index (κ1) is 18.0. The van der Waals surface area contributed by atoms with Gasteiger partial charge in [0.2, 0.25) is 0 Å². The zero-order chi connectivity index (χ0) is 17.9. The predicted molar refractivity (Wildman–Crippen MR) is 90.9 cm³/mol. The number of ether oxygens (including phenoxy) is 1. The van der Waals surface area contributed by atoms with E-state index < -0.39 is 16.1 Å². The van der Waals surface area contributed by atoms with Gasteiger partial charge < -0.3 is 8.92 Å². The summed E-state index contributed by atoms with van der Waals surface area (Å²) in [7, 11) is -2.71. The fourth-order valence-electron chi connectivity index (χ4n) is 2.25. The van der Waals surface area contributed by atoms with Crippen LogP contribution in [0, 0.1) is 6.92 Å². The van der Waals surface area contributed by atoms with Crippen molar-refractivity contribution in [2.24, 2.45) is 0 Å². The molecule has 6 heteroatoms. The number of carbonyl (C=O) groups excluding carboxylic acids is 1. The Balaban J connectivity index is 2.28. The zero-order valence-corrected chi connectivity index (χ0v) is 14.9. The molecule has 0 saturated heterocycles. The van der Waals surface area contributed by atoms with Crippen LogP contribution >= 0.6 is 0 Å². The van der Waals surface area contributed by atoms with Crippen molar-refractivity contribution >= 4 is 16.1 Å². The molecule has 128 valence electrons. The number of hydrogen-bond acceptors (Lipinski definition) is 5. The summed E-state index contributed by atoms with van der Waals surface area (Å²) < 4.78 is 34.7. The Morgan fingerprint density at radius 1 is 1.04 bits per heavy atom. The molecular weight excluding hydrogens is 328 g/mol. The number of aryl methyl sites for hydroxylation is 1. The molecule has 0 N–H and O–H groups in total. The monoisotopic (exact) mass is 348 g/mol. The molecule has 2 aromatic rings. The van der Waals surface area contributed by atoms with E-state index in [2.05, 4.69) is 18.6 Å². The van der Waals surface area contributed by atoms with Gasteiger partial charge in [-0.3, -0.25) is 0 Å². The first-order valence-corrected chi connectivity index (χ1v) is 8.89. The first-order chi connectivity index (χ1) is 11.2. The SMILES string of the molecule is COC(=O)c1ccc(S(=O)(=O)Oc2ccc(C(C)C)cc2)c(C)c1. The lowest BCUT2D eigenvalue weighted by Gasteiger charge is -2.11.